The van der Waals surface area contributed by atoms with Gasteiger partial charge in [0.05, 0.1) is 35.2 Å². The lowest BCUT2D eigenvalue weighted by atomic mass is 10.1. The number of amides is 2. The molecule has 1 aliphatic heterocycles. The first kappa shape index (κ1) is 14.9. The number of fused-ring (bicyclic) bond motifs is 1. The molecule has 0 unspecified atom stereocenters. The van der Waals surface area contributed by atoms with E-state index in [2.05, 4.69) is 5.10 Å². The van der Waals surface area contributed by atoms with Crippen LogP contribution >= 0.6 is 0 Å². The van der Waals surface area contributed by atoms with Gasteiger partial charge < -0.3 is 5.11 Å². The number of hydrogen-bond acceptors (Lipinski definition) is 6. The van der Waals surface area contributed by atoms with Gasteiger partial charge in [0.15, 0.2) is 0 Å². The van der Waals surface area contributed by atoms with Gasteiger partial charge in [0, 0.05) is 0 Å². The Kier molecular flexibility index (Phi) is 3.62. The molecule has 1 atom stereocenters. The Bertz CT molecular complexity index is 765. The number of aromatic nitrogens is 2. The van der Waals surface area contributed by atoms with Crippen molar-refractivity contribution in [3.8, 4) is 0 Å². The van der Waals surface area contributed by atoms with Crippen LogP contribution in [0.15, 0.2) is 36.7 Å². The molecular weight excluding hydrogens is 304 g/mol. The zero-order chi connectivity index (χ0) is 16.6. The van der Waals surface area contributed by atoms with E-state index >= 15 is 0 Å². The quantitative estimate of drug-likeness (QED) is 0.486. The van der Waals surface area contributed by atoms with Crippen molar-refractivity contribution in [3.05, 3.63) is 57.9 Å². The number of β-amino-alcohol motifs (C(OH)–C–C–N with tert-alkyl or cyclic N) is 1. The summed E-state index contributed by atoms with van der Waals surface area (Å²) in [6.07, 6.45) is 1.15. The smallest absolute Gasteiger partial charge is 0.306 e. The first-order valence-electron chi connectivity index (χ1n) is 6.77. The molecular formula is C14H12N4O5. The van der Waals surface area contributed by atoms with E-state index < -0.39 is 22.8 Å². The normalized spacial score (nSPS) is 14.9. The minimum absolute atomic E-state index is 0.0682. The van der Waals surface area contributed by atoms with Crippen molar-refractivity contribution in [3.63, 3.8) is 0 Å². The summed E-state index contributed by atoms with van der Waals surface area (Å²) >= 11 is 0. The number of rotatable bonds is 5. The Morgan fingerprint density at radius 3 is 2.30 bits per heavy atom. The number of hydrogen-bond donors (Lipinski definition) is 1. The number of carbonyl (C=O) groups excluding carboxylic acids is 2. The summed E-state index contributed by atoms with van der Waals surface area (Å²) in [6.45, 7) is -0.277. The van der Waals surface area contributed by atoms with Crippen molar-refractivity contribution < 1.29 is 19.6 Å². The van der Waals surface area contributed by atoms with Gasteiger partial charge in [0.2, 0.25) is 0 Å². The van der Waals surface area contributed by atoms with Crippen LogP contribution in [0.2, 0.25) is 0 Å². The summed E-state index contributed by atoms with van der Waals surface area (Å²) < 4.78 is 1.20. The molecule has 1 aromatic heterocycles. The van der Waals surface area contributed by atoms with Gasteiger partial charge in [-0.1, -0.05) is 12.1 Å². The molecule has 2 amide bonds. The van der Waals surface area contributed by atoms with Crippen molar-refractivity contribution in [1.82, 2.24) is 14.7 Å². The fourth-order valence-corrected chi connectivity index (χ4v) is 2.44. The second-order valence-electron chi connectivity index (χ2n) is 5.10. The average Bonchev–Trinajstić information content (AvgIpc) is 3.07. The Balaban J connectivity index is 1.69. The molecule has 23 heavy (non-hydrogen) atoms. The van der Waals surface area contributed by atoms with E-state index in [0.29, 0.717) is 11.1 Å². The molecule has 1 aliphatic rings. The summed E-state index contributed by atoms with van der Waals surface area (Å²) in [5.74, 6) is -0.924. The number of nitro groups is 1. The third-order valence-corrected chi connectivity index (χ3v) is 3.50. The monoisotopic (exact) mass is 316 g/mol. The van der Waals surface area contributed by atoms with Crippen LogP contribution in [0.5, 0.6) is 0 Å². The third-order valence-electron chi connectivity index (χ3n) is 3.50. The number of aliphatic hydroxyl groups excluding tert-OH is 1. The van der Waals surface area contributed by atoms with Crippen LogP contribution in [0.25, 0.3) is 0 Å². The van der Waals surface area contributed by atoms with E-state index in [4.69, 9.17) is 0 Å². The van der Waals surface area contributed by atoms with Crippen molar-refractivity contribution in [2.75, 3.05) is 6.54 Å². The number of nitrogens with zero attached hydrogens (tertiary/aromatic N) is 4. The third kappa shape index (κ3) is 2.69. The summed E-state index contributed by atoms with van der Waals surface area (Å²) in [7, 11) is 0. The van der Waals surface area contributed by atoms with Crippen molar-refractivity contribution in [2.45, 2.75) is 12.6 Å². The Hall–Kier alpha value is -3.07. The number of benzene rings is 1. The predicted molar refractivity (Wildman–Crippen MR) is 76.7 cm³/mol. The molecule has 1 N–H and O–H groups in total. The van der Waals surface area contributed by atoms with Crippen LogP contribution in [-0.4, -0.2) is 49.2 Å². The lowest BCUT2D eigenvalue weighted by Gasteiger charge is -2.18. The fourth-order valence-electron chi connectivity index (χ4n) is 2.44. The van der Waals surface area contributed by atoms with Gasteiger partial charge in [-0.05, 0) is 12.1 Å². The van der Waals surface area contributed by atoms with E-state index in [0.717, 1.165) is 11.1 Å². The van der Waals surface area contributed by atoms with Gasteiger partial charge in [-0.2, -0.15) is 5.10 Å². The fraction of sp³-hybridized carbons (Fsp3) is 0.214. The highest BCUT2D eigenvalue weighted by Crippen LogP contribution is 2.22. The Morgan fingerprint density at radius 1 is 1.17 bits per heavy atom. The first-order chi connectivity index (χ1) is 11.0. The zero-order valence-corrected chi connectivity index (χ0v) is 11.8. The standard InChI is InChI=1S/C14H12N4O5/c19-10(7-16-6-9(5-15-16)18(22)23)8-17-13(20)11-3-1-2-4-12(11)14(17)21/h1-6,10,19H,7-8H2/t10-/m0/s1. The first-order valence-corrected chi connectivity index (χ1v) is 6.77. The molecule has 0 aliphatic carbocycles. The van der Waals surface area contributed by atoms with Crippen LogP contribution in [0, 0.1) is 10.1 Å². The molecule has 0 fully saturated rings. The van der Waals surface area contributed by atoms with Gasteiger partial charge >= 0.3 is 5.69 Å². The minimum atomic E-state index is -1.09. The molecule has 2 heterocycles. The molecule has 118 valence electrons. The maximum atomic E-state index is 12.2. The van der Waals surface area contributed by atoms with Gasteiger partial charge in [0.25, 0.3) is 11.8 Å². The minimum Gasteiger partial charge on any atom is -0.389 e. The Labute approximate surface area is 129 Å². The van der Waals surface area contributed by atoms with Crippen molar-refractivity contribution >= 4 is 17.5 Å². The molecule has 1 aromatic carbocycles. The molecule has 3 rings (SSSR count). The lowest BCUT2D eigenvalue weighted by molar-refractivity contribution is -0.385. The average molecular weight is 316 g/mol. The van der Waals surface area contributed by atoms with E-state index in [1.807, 2.05) is 0 Å². The molecule has 9 heteroatoms. The van der Waals surface area contributed by atoms with Crippen LogP contribution in [0.3, 0.4) is 0 Å². The molecule has 0 bridgehead atoms. The molecule has 0 saturated heterocycles. The highest BCUT2D eigenvalue weighted by atomic mass is 16.6. The van der Waals surface area contributed by atoms with Gasteiger partial charge in [-0.25, -0.2) is 0 Å². The molecule has 0 radical (unpaired) electrons. The number of carbonyl (C=O) groups is 2. The van der Waals surface area contributed by atoms with Crippen molar-refractivity contribution in [2.24, 2.45) is 0 Å². The number of aliphatic hydroxyl groups is 1. The second-order valence-corrected chi connectivity index (χ2v) is 5.10. The maximum absolute atomic E-state index is 12.2. The lowest BCUT2D eigenvalue weighted by Crippen LogP contribution is -2.38. The van der Waals surface area contributed by atoms with E-state index in [1.54, 1.807) is 24.3 Å². The maximum Gasteiger partial charge on any atom is 0.306 e. The van der Waals surface area contributed by atoms with Gasteiger partial charge in [-0.3, -0.25) is 29.3 Å². The Morgan fingerprint density at radius 2 is 1.78 bits per heavy atom. The SMILES string of the molecule is O=C1c2ccccc2C(=O)N1C[C@@H](O)Cn1cc([N+](=O)[O-])cn1. The second kappa shape index (κ2) is 5.61. The summed E-state index contributed by atoms with van der Waals surface area (Å²) in [5, 5.41) is 24.4. The summed E-state index contributed by atoms with van der Waals surface area (Å²) in [5.41, 5.74) is 0.414. The van der Waals surface area contributed by atoms with Crippen LogP contribution in [0.4, 0.5) is 5.69 Å². The van der Waals surface area contributed by atoms with Crippen LogP contribution in [-0.2, 0) is 6.54 Å². The van der Waals surface area contributed by atoms with Crippen LogP contribution < -0.4 is 0 Å². The van der Waals surface area contributed by atoms with Gasteiger partial charge in [0.1, 0.15) is 12.4 Å². The zero-order valence-electron chi connectivity index (χ0n) is 11.8. The van der Waals surface area contributed by atoms with E-state index in [1.165, 1.54) is 10.9 Å². The van der Waals surface area contributed by atoms with Gasteiger partial charge in [-0.15, -0.1) is 0 Å². The van der Waals surface area contributed by atoms with E-state index in [9.17, 15) is 24.8 Å². The summed E-state index contributed by atoms with van der Waals surface area (Å²) in [6, 6.07) is 6.43. The molecule has 0 spiro atoms. The van der Waals surface area contributed by atoms with Crippen molar-refractivity contribution in [1.29, 1.82) is 0 Å². The molecule has 0 saturated carbocycles. The predicted octanol–water partition coefficient (Wildman–Crippen LogP) is 0.448. The largest absolute Gasteiger partial charge is 0.389 e. The topological polar surface area (TPSA) is 119 Å². The summed E-state index contributed by atoms with van der Waals surface area (Å²) in [4.78, 5) is 35.3. The highest BCUT2D eigenvalue weighted by molar-refractivity contribution is 6.21. The molecule has 9 nitrogen and oxygen atoms in total. The highest BCUT2D eigenvalue weighted by Gasteiger charge is 2.36. The van der Waals surface area contributed by atoms with Crippen LogP contribution in [0.1, 0.15) is 20.7 Å². The number of imide groups is 1. The molecule has 2 aromatic rings. The van der Waals surface area contributed by atoms with E-state index in [-0.39, 0.29) is 18.8 Å².